The standard InChI is InChI=1S/C30H48N2O6/c1-21(2)24(23-14-8-7-9-15-23)20-25(30(37)38)28(22(3)4)29(36)32-19-13-6-5-12-18-31-26(33)16-10-11-17-27(34)35/h7-9,14-15,21-22,24-25,28H,5-6,10-13,16-20H2,1-4H3,(H,31,33)(H,32,36)(H,34,35)(H,37,38). The number of nitrogens with one attached hydrogen (secondary N) is 2. The van der Waals surface area contributed by atoms with E-state index >= 15 is 0 Å². The van der Waals surface area contributed by atoms with Gasteiger partial charge in [0.2, 0.25) is 11.8 Å². The minimum absolute atomic E-state index is 0.0524. The van der Waals surface area contributed by atoms with Gasteiger partial charge in [0.1, 0.15) is 0 Å². The summed E-state index contributed by atoms with van der Waals surface area (Å²) < 4.78 is 0. The Kier molecular flexibility index (Phi) is 16.0. The van der Waals surface area contributed by atoms with Crippen molar-refractivity contribution in [3.05, 3.63) is 35.9 Å². The summed E-state index contributed by atoms with van der Waals surface area (Å²) in [4.78, 5) is 47.7. The van der Waals surface area contributed by atoms with Gasteiger partial charge in [0.15, 0.2) is 0 Å². The number of amides is 2. The zero-order valence-electron chi connectivity index (χ0n) is 23.6. The van der Waals surface area contributed by atoms with Crippen LogP contribution in [-0.2, 0) is 19.2 Å². The Labute approximate surface area is 228 Å². The van der Waals surface area contributed by atoms with Gasteiger partial charge in [-0.2, -0.15) is 0 Å². The van der Waals surface area contributed by atoms with Gasteiger partial charge >= 0.3 is 11.9 Å². The van der Waals surface area contributed by atoms with Gasteiger partial charge in [-0.1, -0.05) is 70.9 Å². The van der Waals surface area contributed by atoms with E-state index in [1.165, 1.54) is 0 Å². The fraction of sp³-hybridized carbons (Fsp3) is 0.667. The average molecular weight is 533 g/mol. The Morgan fingerprint density at radius 2 is 1.32 bits per heavy atom. The van der Waals surface area contributed by atoms with Crippen LogP contribution in [0.1, 0.15) is 97.0 Å². The quantitative estimate of drug-likeness (QED) is 0.170. The fourth-order valence-corrected chi connectivity index (χ4v) is 4.93. The molecular formula is C30H48N2O6. The Hall–Kier alpha value is -2.90. The molecular weight excluding hydrogens is 484 g/mol. The number of unbranched alkanes of at least 4 members (excludes halogenated alkanes) is 4. The predicted octanol–water partition coefficient (Wildman–Crippen LogP) is 5.23. The normalized spacial score (nSPS) is 13.6. The number of carboxylic acid groups (broad SMARTS) is 2. The van der Waals surface area contributed by atoms with Crippen LogP contribution in [0.2, 0.25) is 0 Å². The Morgan fingerprint density at radius 1 is 0.737 bits per heavy atom. The van der Waals surface area contributed by atoms with Crippen molar-refractivity contribution in [1.82, 2.24) is 10.6 Å². The van der Waals surface area contributed by atoms with Crippen LogP contribution in [-0.4, -0.2) is 47.1 Å². The average Bonchev–Trinajstić information content (AvgIpc) is 2.85. The predicted molar refractivity (Wildman–Crippen MR) is 149 cm³/mol. The van der Waals surface area contributed by atoms with Crippen molar-refractivity contribution in [2.45, 2.75) is 91.4 Å². The first-order chi connectivity index (χ1) is 18.0. The lowest BCUT2D eigenvalue weighted by Crippen LogP contribution is -2.42. The van der Waals surface area contributed by atoms with E-state index in [9.17, 15) is 24.3 Å². The molecule has 1 aromatic rings. The largest absolute Gasteiger partial charge is 0.481 e. The minimum Gasteiger partial charge on any atom is -0.481 e. The lowest BCUT2D eigenvalue weighted by atomic mass is 9.73. The lowest BCUT2D eigenvalue weighted by molar-refractivity contribution is -0.149. The number of hydrogen-bond acceptors (Lipinski definition) is 4. The summed E-state index contributed by atoms with van der Waals surface area (Å²) >= 11 is 0. The van der Waals surface area contributed by atoms with Crippen LogP contribution in [0.3, 0.4) is 0 Å². The van der Waals surface area contributed by atoms with E-state index in [2.05, 4.69) is 24.5 Å². The topological polar surface area (TPSA) is 133 Å². The highest BCUT2D eigenvalue weighted by Crippen LogP contribution is 2.36. The summed E-state index contributed by atoms with van der Waals surface area (Å²) in [6.45, 7) is 9.08. The molecule has 8 heteroatoms. The molecule has 0 aliphatic carbocycles. The van der Waals surface area contributed by atoms with E-state index in [-0.39, 0.29) is 36.0 Å². The third kappa shape index (κ3) is 13.1. The van der Waals surface area contributed by atoms with Crippen LogP contribution >= 0.6 is 0 Å². The molecule has 2 amide bonds. The van der Waals surface area contributed by atoms with E-state index in [4.69, 9.17) is 5.11 Å². The number of benzene rings is 1. The molecule has 0 spiro atoms. The summed E-state index contributed by atoms with van der Waals surface area (Å²) in [6, 6.07) is 9.94. The second-order valence-corrected chi connectivity index (χ2v) is 10.9. The number of carbonyl (C=O) groups excluding carboxylic acids is 2. The summed E-state index contributed by atoms with van der Waals surface area (Å²) in [6.07, 6.45) is 5.35. The highest BCUT2D eigenvalue weighted by Gasteiger charge is 2.38. The first-order valence-corrected chi connectivity index (χ1v) is 14.1. The summed E-state index contributed by atoms with van der Waals surface area (Å²) in [5.74, 6) is -3.20. The van der Waals surface area contributed by atoms with Gasteiger partial charge in [0.25, 0.3) is 0 Å². The molecule has 4 N–H and O–H groups in total. The molecule has 0 bridgehead atoms. The molecule has 0 saturated heterocycles. The Bertz CT molecular complexity index is 856. The SMILES string of the molecule is CC(C)C(CC(C(=O)O)C(C(=O)NCCCCCCNC(=O)CCCCC(=O)O)C(C)C)c1ccccc1. The monoisotopic (exact) mass is 532 g/mol. The summed E-state index contributed by atoms with van der Waals surface area (Å²) in [7, 11) is 0. The molecule has 8 nitrogen and oxygen atoms in total. The minimum atomic E-state index is -0.927. The van der Waals surface area contributed by atoms with Gasteiger partial charge in [-0.3, -0.25) is 19.2 Å². The third-order valence-electron chi connectivity index (χ3n) is 7.08. The molecule has 1 aromatic carbocycles. The van der Waals surface area contributed by atoms with Crippen LogP contribution in [0, 0.1) is 23.7 Å². The van der Waals surface area contributed by atoms with E-state index in [1.807, 2.05) is 44.2 Å². The number of carbonyl (C=O) groups is 4. The molecule has 38 heavy (non-hydrogen) atoms. The first-order valence-electron chi connectivity index (χ1n) is 14.1. The zero-order chi connectivity index (χ0) is 28.5. The second kappa shape index (κ2) is 18.4. The maximum Gasteiger partial charge on any atom is 0.307 e. The molecule has 0 saturated carbocycles. The van der Waals surface area contributed by atoms with Crippen molar-refractivity contribution in [2.75, 3.05) is 13.1 Å². The number of aliphatic carboxylic acids is 2. The van der Waals surface area contributed by atoms with Crippen LogP contribution in [0.15, 0.2) is 30.3 Å². The lowest BCUT2D eigenvalue weighted by Gasteiger charge is -2.31. The number of hydrogen-bond donors (Lipinski definition) is 4. The summed E-state index contributed by atoms with van der Waals surface area (Å²) in [5.41, 5.74) is 1.10. The molecule has 3 unspecified atom stereocenters. The van der Waals surface area contributed by atoms with E-state index < -0.39 is 23.8 Å². The highest BCUT2D eigenvalue weighted by molar-refractivity contribution is 5.85. The van der Waals surface area contributed by atoms with Gasteiger partial charge in [-0.05, 0) is 55.4 Å². The van der Waals surface area contributed by atoms with Gasteiger partial charge in [-0.25, -0.2) is 0 Å². The van der Waals surface area contributed by atoms with Crippen molar-refractivity contribution >= 4 is 23.8 Å². The summed E-state index contributed by atoms with van der Waals surface area (Å²) in [5, 5.41) is 24.5. The molecule has 3 atom stereocenters. The van der Waals surface area contributed by atoms with Crippen LogP contribution in [0.4, 0.5) is 0 Å². The zero-order valence-corrected chi connectivity index (χ0v) is 23.6. The van der Waals surface area contributed by atoms with Crippen LogP contribution in [0.5, 0.6) is 0 Å². The van der Waals surface area contributed by atoms with Gasteiger partial charge in [0.05, 0.1) is 11.8 Å². The molecule has 0 heterocycles. The molecule has 0 fully saturated rings. The molecule has 0 aliphatic heterocycles. The van der Waals surface area contributed by atoms with Crippen molar-refractivity contribution in [3.8, 4) is 0 Å². The first kappa shape index (κ1) is 33.1. The van der Waals surface area contributed by atoms with Crippen molar-refractivity contribution < 1.29 is 29.4 Å². The maximum absolute atomic E-state index is 13.1. The number of carboxylic acids is 2. The van der Waals surface area contributed by atoms with Gasteiger partial charge in [0, 0.05) is 25.9 Å². The fourth-order valence-electron chi connectivity index (χ4n) is 4.93. The molecule has 0 aliphatic rings. The van der Waals surface area contributed by atoms with E-state index in [0.29, 0.717) is 38.8 Å². The van der Waals surface area contributed by atoms with Crippen LogP contribution in [0.25, 0.3) is 0 Å². The van der Waals surface area contributed by atoms with Crippen LogP contribution < -0.4 is 10.6 Å². The number of rotatable bonds is 20. The van der Waals surface area contributed by atoms with Crippen molar-refractivity contribution in [3.63, 3.8) is 0 Å². The highest BCUT2D eigenvalue weighted by atomic mass is 16.4. The van der Waals surface area contributed by atoms with Crippen molar-refractivity contribution in [1.29, 1.82) is 0 Å². The Morgan fingerprint density at radius 3 is 1.84 bits per heavy atom. The second-order valence-electron chi connectivity index (χ2n) is 10.9. The van der Waals surface area contributed by atoms with E-state index in [1.54, 1.807) is 0 Å². The van der Waals surface area contributed by atoms with Crippen molar-refractivity contribution in [2.24, 2.45) is 23.7 Å². The molecule has 0 aromatic heterocycles. The smallest absolute Gasteiger partial charge is 0.307 e. The van der Waals surface area contributed by atoms with E-state index in [0.717, 1.165) is 31.2 Å². The van der Waals surface area contributed by atoms with Gasteiger partial charge in [-0.15, -0.1) is 0 Å². The molecule has 0 radical (unpaired) electrons. The molecule has 1 rings (SSSR count). The van der Waals surface area contributed by atoms with Gasteiger partial charge < -0.3 is 20.8 Å². The maximum atomic E-state index is 13.1. The Balaban J connectivity index is 2.46. The third-order valence-corrected chi connectivity index (χ3v) is 7.08. The molecule has 214 valence electrons.